The maximum Gasteiger partial charge on any atom is 0.0434 e. The van der Waals surface area contributed by atoms with Gasteiger partial charge < -0.3 is 10.2 Å². The SMILES string of the molecule is OCCCc1ccc2ccccc2c1Sc1c(CCCO)ccc2ccccc12. The van der Waals surface area contributed by atoms with Crippen LogP contribution in [-0.4, -0.2) is 23.4 Å². The zero-order chi connectivity index (χ0) is 20.1. The number of aliphatic hydroxyl groups is 2. The molecule has 0 fully saturated rings. The number of hydrogen-bond donors (Lipinski definition) is 2. The minimum absolute atomic E-state index is 0.201. The highest BCUT2D eigenvalue weighted by Crippen LogP contribution is 2.42. The number of hydrogen-bond acceptors (Lipinski definition) is 3. The maximum absolute atomic E-state index is 9.37. The first-order valence-corrected chi connectivity index (χ1v) is 11.0. The Morgan fingerprint density at radius 1 is 0.552 bits per heavy atom. The highest BCUT2D eigenvalue weighted by molar-refractivity contribution is 8.00. The predicted molar refractivity (Wildman–Crippen MR) is 123 cm³/mol. The van der Waals surface area contributed by atoms with Crippen LogP contribution in [0, 0.1) is 0 Å². The van der Waals surface area contributed by atoms with Crippen LogP contribution < -0.4 is 0 Å². The topological polar surface area (TPSA) is 40.5 Å². The number of aliphatic hydroxyl groups excluding tert-OH is 2. The van der Waals surface area contributed by atoms with Gasteiger partial charge in [0.1, 0.15) is 0 Å². The fourth-order valence-corrected chi connectivity index (χ4v) is 5.25. The van der Waals surface area contributed by atoms with Crippen molar-refractivity contribution in [3.05, 3.63) is 83.9 Å². The molecule has 0 amide bonds. The van der Waals surface area contributed by atoms with Crippen molar-refractivity contribution in [1.29, 1.82) is 0 Å². The third kappa shape index (κ3) is 4.32. The Kier molecular flexibility index (Phi) is 6.50. The molecule has 4 aromatic rings. The lowest BCUT2D eigenvalue weighted by atomic mass is 10.0. The van der Waals surface area contributed by atoms with E-state index in [9.17, 15) is 10.2 Å². The van der Waals surface area contributed by atoms with Gasteiger partial charge in [0, 0.05) is 23.0 Å². The van der Waals surface area contributed by atoms with Crippen molar-refractivity contribution in [2.45, 2.75) is 35.5 Å². The van der Waals surface area contributed by atoms with Gasteiger partial charge in [0.05, 0.1) is 0 Å². The number of aryl methyl sites for hydroxylation is 2. The summed E-state index contributed by atoms with van der Waals surface area (Å²) in [4.78, 5) is 2.55. The second-order valence-electron chi connectivity index (χ2n) is 7.31. The van der Waals surface area contributed by atoms with Gasteiger partial charge in [0.15, 0.2) is 0 Å². The average Bonchev–Trinajstić information content (AvgIpc) is 2.77. The van der Waals surface area contributed by atoms with E-state index in [-0.39, 0.29) is 13.2 Å². The zero-order valence-electron chi connectivity index (χ0n) is 16.5. The third-order valence-corrected chi connectivity index (χ3v) is 6.71. The van der Waals surface area contributed by atoms with Crippen molar-refractivity contribution in [1.82, 2.24) is 0 Å². The van der Waals surface area contributed by atoms with Crippen LogP contribution in [0.4, 0.5) is 0 Å². The molecular formula is C26H26O2S. The lowest BCUT2D eigenvalue weighted by Gasteiger charge is -2.17. The van der Waals surface area contributed by atoms with Crippen LogP contribution in [0.25, 0.3) is 21.5 Å². The minimum Gasteiger partial charge on any atom is -0.396 e. The summed E-state index contributed by atoms with van der Waals surface area (Å²) in [6, 6.07) is 25.8. The van der Waals surface area contributed by atoms with E-state index in [1.165, 1.54) is 42.5 Å². The highest BCUT2D eigenvalue weighted by Gasteiger charge is 2.14. The molecule has 0 aliphatic rings. The molecule has 0 atom stereocenters. The van der Waals surface area contributed by atoms with Crippen LogP contribution in [0.3, 0.4) is 0 Å². The van der Waals surface area contributed by atoms with Crippen molar-refractivity contribution >= 4 is 33.3 Å². The van der Waals surface area contributed by atoms with E-state index in [0.29, 0.717) is 0 Å². The molecule has 0 saturated carbocycles. The second-order valence-corrected chi connectivity index (χ2v) is 8.33. The molecule has 3 heteroatoms. The average molecular weight is 403 g/mol. The first kappa shape index (κ1) is 20.0. The number of rotatable bonds is 8. The van der Waals surface area contributed by atoms with Gasteiger partial charge in [-0.15, -0.1) is 0 Å². The van der Waals surface area contributed by atoms with Crippen LogP contribution in [0.15, 0.2) is 82.6 Å². The smallest absolute Gasteiger partial charge is 0.0434 e. The molecule has 4 aromatic carbocycles. The molecule has 0 radical (unpaired) electrons. The van der Waals surface area contributed by atoms with Gasteiger partial charge in [-0.25, -0.2) is 0 Å². The maximum atomic E-state index is 9.37. The minimum atomic E-state index is 0.201. The van der Waals surface area contributed by atoms with Crippen LogP contribution in [0.5, 0.6) is 0 Å². The van der Waals surface area contributed by atoms with E-state index >= 15 is 0 Å². The highest BCUT2D eigenvalue weighted by atomic mass is 32.2. The first-order valence-electron chi connectivity index (χ1n) is 10.2. The Balaban J connectivity index is 1.88. The lowest BCUT2D eigenvalue weighted by Crippen LogP contribution is -1.96. The van der Waals surface area contributed by atoms with E-state index in [2.05, 4.69) is 72.8 Å². The Labute approximate surface area is 176 Å². The van der Waals surface area contributed by atoms with Crippen molar-refractivity contribution in [3.8, 4) is 0 Å². The normalized spacial score (nSPS) is 11.4. The van der Waals surface area contributed by atoms with Gasteiger partial charge in [-0.3, -0.25) is 0 Å². The first-order chi connectivity index (χ1) is 14.3. The molecule has 0 aromatic heterocycles. The molecule has 0 aliphatic heterocycles. The second kappa shape index (κ2) is 9.45. The molecule has 29 heavy (non-hydrogen) atoms. The Morgan fingerprint density at radius 2 is 1.00 bits per heavy atom. The summed E-state index contributed by atoms with van der Waals surface area (Å²) in [5, 5.41) is 23.7. The monoisotopic (exact) mass is 402 g/mol. The molecule has 0 bridgehead atoms. The summed E-state index contributed by atoms with van der Waals surface area (Å²) in [6.45, 7) is 0.403. The van der Waals surface area contributed by atoms with Gasteiger partial charge in [-0.05, 0) is 58.4 Å². The molecule has 4 rings (SSSR count). The Morgan fingerprint density at radius 3 is 1.45 bits per heavy atom. The Bertz CT molecular complexity index is 1030. The van der Waals surface area contributed by atoms with Gasteiger partial charge >= 0.3 is 0 Å². The molecule has 0 aliphatic carbocycles. The Hall–Kier alpha value is -2.33. The van der Waals surface area contributed by atoms with Gasteiger partial charge in [-0.2, -0.15) is 0 Å². The lowest BCUT2D eigenvalue weighted by molar-refractivity contribution is 0.288. The molecular weight excluding hydrogens is 376 g/mol. The van der Waals surface area contributed by atoms with E-state index in [0.717, 1.165) is 25.7 Å². The molecule has 0 spiro atoms. The quantitative estimate of drug-likeness (QED) is 0.380. The fraction of sp³-hybridized carbons (Fsp3) is 0.231. The van der Waals surface area contributed by atoms with Crippen molar-refractivity contribution in [2.75, 3.05) is 13.2 Å². The molecule has 0 heterocycles. The summed E-state index contributed by atoms with van der Waals surface area (Å²) < 4.78 is 0. The van der Waals surface area contributed by atoms with E-state index < -0.39 is 0 Å². The van der Waals surface area contributed by atoms with Gasteiger partial charge in [-0.1, -0.05) is 84.6 Å². The largest absolute Gasteiger partial charge is 0.396 e. The van der Waals surface area contributed by atoms with Crippen LogP contribution in [-0.2, 0) is 12.8 Å². The standard InChI is InChI=1S/C26H26O2S/c27-17-5-9-21-15-13-19-7-1-3-11-23(19)25(21)29-26-22(10-6-18-28)16-14-20-8-2-4-12-24(20)26/h1-4,7-8,11-16,27-28H,5-6,9-10,17-18H2. The molecule has 0 saturated heterocycles. The van der Waals surface area contributed by atoms with Crippen molar-refractivity contribution in [2.24, 2.45) is 0 Å². The van der Waals surface area contributed by atoms with Gasteiger partial charge in [0.2, 0.25) is 0 Å². The molecule has 148 valence electrons. The van der Waals surface area contributed by atoms with Crippen LogP contribution in [0.2, 0.25) is 0 Å². The molecule has 0 unspecified atom stereocenters. The number of fused-ring (bicyclic) bond motifs is 2. The summed E-state index contributed by atoms with van der Waals surface area (Å²) in [7, 11) is 0. The van der Waals surface area contributed by atoms with Crippen LogP contribution >= 0.6 is 11.8 Å². The van der Waals surface area contributed by atoms with E-state index in [1.54, 1.807) is 0 Å². The van der Waals surface area contributed by atoms with Crippen molar-refractivity contribution < 1.29 is 10.2 Å². The summed E-state index contributed by atoms with van der Waals surface area (Å²) in [5.74, 6) is 0. The van der Waals surface area contributed by atoms with Crippen LogP contribution in [0.1, 0.15) is 24.0 Å². The third-order valence-electron chi connectivity index (χ3n) is 5.33. The predicted octanol–water partition coefficient (Wildman–Crippen LogP) is 5.99. The summed E-state index contributed by atoms with van der Waals surface area (Å²) in [5.41, 5.74) is 2.56. The van der Waals surface area contributed by atoms with E-state index in [1.807, 2.05) is 11.8 Å². The summed E-state index contributed by atoms with van der Waals surface area (Å²) in [6.07, 6.45) is 3.25. The summed E-state index contributed by atoms with van der Waals surface area (Å²) >= 11 is 1.84. The number of benzene rings is 4. The molecule has 2 nitrogen and oxygen atoms in total. The fourth-order valence-electron chi connectivity index (χ4n) is 3.85. The van der Waals surface area contributed by atoms with Crippen molar-refractivity contribution in [3.63, 3.8) is 0 Å². The van der Waals surface area contributed by atoms with E-state index in [4.69, 9.17) is 0 Å². The molecule has 2 N–H and O–H groups in total. The zero-order valence-corrected chi connectivity index (χ0v) is 17.3. The van der Waals surface area contributed by atoms with Gasteiger partial charge in [0.25, 0.3) is 0 Å².